The average Bonchev–Trinajstić information content (AvgIpc) is 2.71. The van der Waals surface area contributed by atoms with Crippen molar-refractivity contribution in [1.82, 2.24) is 0 Å². The van der Waals surface area contributed by atoms with Crippen molar-refractivity contribution in [2.75, 3.05) is 7.11 Å². The van der Waals surface area contributed by atoms with Crippen molar-refractivity contribution >= 4 is 5.78 Å². The minimum absolute atomic E-state index is 0.0567. The Morgan fingerprint density at radius 1 is 1.26 bits per heavy atom. The van der Waals surface area contributed by atoms with Gasteiger partial charge in [-0.25, -0.2) is 0 Å². The molecule has 2 atom stereocenters. The molecule has 164 valence electrons. The Balaban J connectivity index is 2.01. The lowest BCUT2D eigenvalue weighted by atomic mass is 9.86. The number of phenolic OH excluding ortho intramolecular Hbond substituents is 2. The molecule has 0 saturated carbocycles. The molecule has 31 heavy (non-hydrogen) atoms. The zero-order valence-electron chi connectivity index (χ0n) is 18.6. The molecule has 1 aliphatic rings. The van der Waals surface area contributed by atoms with Gasteiger partial charge in [-0.2, -0.15) is 0 Å². The second kappa shape index (κ2) is 9.29. The van der Waals surface area contributed by atoms with Crippen LogP contribution in [0.15, 0.2) is 54.1 Å². The number of allylic oxidation sites excluding steroid dienone is 3. The minimum atomic E-state index is -0.572. The molecule has 2 aromatic carbocycles. The second-order valence-electron chi connectivity index (χ2n) is 8.36. The molecule has 3 rings (SSSR count). The third-order valence-electron chi connectivity index (χ3n) is 5.69. The Labute approximate surface area is 183 Å². The molecule has 0 aromatic heterocycles. The van der Waals surface area contributed by atoms with Gasteiger partial charge in [-0.05, 0) is 63.8 Å². The normalized spacial score (nSPS) is 16.1. The van der Waals surface area contributed by atoms with Gasteiger partial charge in [0.2, 0.25) is 0 Å². The lowest BCUT2D eigenvalue weighted by Gasteiger charge is -2.29. The summed E-state index contributed by atoms with van der Waals surface area (Å²) in [6, 6.07) is 7.92. The number of phenols is 2. The molecule has 0 saturated heterocycles. The lowest BCUT2D eigenvalue weighted by molar-refractivity contribution is 0.0843. The molecule has 1 unspecified atom stereocenters. The SMILES string of the molecule is C=C(C)C(CC=C(C)C)Cc1c(O)ccc2c1O[C@H](c1ccc(O)cc1OC)CC2=O. The molecule has 0 fully saturated rings. The van der Waals surface area contributed by atoms with Crippen molar-refractivity contribution in [3.05, 3.63) is 70.8 Å². The third-order valence-corrected chi connectivity index (χ3v) is 5.69. The summed E-state index contributed by atoms with van der Waals surface area (Å²) in [5.41, 5.74) is 3.99. The van der Waals surface area contributed by atoms with Gasteiger partial charge in [-0.15, -0.1) is 0 Å². The van der Waals surface area contributed by atoms with Gasteiger partial charge in [0.1, 0.15) is 29.1 Å². The van der Waals surface area contributed by atoms with E-state index in [2.05, 4.69) is 26.5 Å². The summed E-state index contributed by atoms with van der Waals surface area (Å²) < 4.78 is 11.7. The summed E-state index contributed by atoms with van der Waals surface area (Å²) in [5.74, 6) is 1.10. The number of hydrogen-bond donors (Lipinski definition) is 2. The van der Waals surface area contributed by atoms with Crippen LogP contribution in [-0.4, -0.2) is 23.1 Å². The van der Waals surface area contributed by atoms with Crippen molar-refractivity contribution in [1.29, 1.82) is 0 Å². The predicted octanol–water partition coefficient (Wildman–Crippen LogP) is 5.90. The van der Waals surface area contributed by atoms with Crippen molar-refractivity contribution in [2.24, 2.45) is 5.92 Å². The van der Waals surface area contributed by atoms with Crippen LogP contribution >= 0.6 is 0 Å². The van der Waals surface area contributed by atoms with E-state index in [1.165, 1.54) is 18.7 Å². The van der Waals surface area contributed by atoms with Crippen LogP contribution in [-0.2, 0) is 6.42 Å². The minimum Gasteiger partial charge on any atom is -0.508 e. The van der Waals surface area contributed by atoms with Crippen LogP contribution in [0.5, 0.6) is 23.0 Å². The average molecular weight is 423 g/mol. The fourth-order valence-electron chi connectivity index (χ4n) is 3.85. The van der Waals surface area contributed by atoms with E-state index in [1.807, 2.05) is 6.92 Å². The molecule has 2 aromatic rings. The smallest absolute Gasteiger partial charge is 0.170 e. The molecule has 2 N–H and O–H groups in total. The van der Waals surface area contributed by atoms with E-state index >= 15 is 0 Å². The number of benzene rings is 2. The molecule has 5 nitrogen and oxygen atoms in total. The van der Waals surface area contributed by atoms with Gasteiger partial charge in [0.15, 0.2) is 5.78 Å². The van der Waals surface area contributed by atoms with Gasteiger partial charge in [-0.1, -0.05) is 23.8 Å². The highest BCUT2D eigenvalue weighted by atomic mass is 16.5. The Morgan fingerprint density at radius 2 is 2.00 bits per heavy atom. The highest BCUT2D eigenvalue weighted by Crippen LogP contribution is 2.44. The van der Waals surface area contributed by atoms with E-state index in [0.717, 1.165) is 12.0 Å². The largest absolute Gasteiger partial charge is 0.508 e. The predicted molar refractivity (Wildman–Crippen MR) is 121 cm³/mol. The molecular formula is C26H30O5. The summed E-state index contributed by atoms with van der Waals surface area (Å²) in [5, 5.41) is 20.4. The number of rotatable bonds is 7. The molecular weight excluding hydrogens is 392 g/mol. The summed E-state index contributed by atoms with van der Waals surface area (Å²) in [4.78, 5) is 13.0. The molecule has 0 spiro atoms. The zero-order chi connectivity index (χ0) is 22.7. The molecule has 0 amide bonds. The molecule has 0 radical (unpaired) electrons. The number of hydrogen-bond acceptors (Lipinski definition) is 5. The van der Waals surface area contributed by atoms with Gasteiger partial charge in [-0.3, -0.25) is 4.79 Å². The number of ether oxygens (including phenoxy) is 2. The van der Waals surface area contributed by atoms with E-state index in [-0.39, 0.29) is 29.6 Å². The van der Waals surface area contributed by atoms with Gasteiger partial charge < -0.3 is 19.7 Å². The van der Waals surface area contributed by atoms with Gasteiger partial charge >= 0.3 is 0 Å². The molecule has 1 aliphatic heterocycles. The zero-order valence-corrected chi connectivity index (χ0v) is 18.6. The van der Waals surface area contributed by atoms with E-state index in [0.29, 0.717) is 34.6 Å². The van der Waals surface area contributed by atoms with E-state index in [4.69, 9.17) is 9.47 Å². The fourth-order valence-corrected chi connectivity index (χ4v) is 3.85. The maximum atomic E-state index is 13.0. The standard InChI is InChI=1S/C26H30O5/c1-15(2)6-7-17(16(3)4)12-21-22(28)11-10-19-23(29)14-25(31-26(19)21)20-9-8-18(27)13-24(20)30-5/h6,8-11,13,17,25,27-28H,3,7,12,14H2,1-2,4-5H3/t17?,25-/m0/s1. The number of aromatic hydroxyl groups is 2. The number of carbonyl (C=O) groups excluding carboxylic acids is 1. The van der Waals surface area contributed by atoms with Crippen molar-refractivity contribution in [3.63, 3.8) is 0 Å². The van der Waals surface area contributed by atoms with Gasteiger partial charge in [0.25, 0.3) is 0 Å². The van der Waals surface area contributed by atoms with Crippen molar-refractivity contribution in [2.45, 2.75) is 46.1 Å². The number of methoxy groups -OCH3 is 1. The summed E-state index contributed by atoms with van der Waals surface area (Å²) in [6.45, 7) is 10.2. The topological polar surface area (TPSA) is 76.0 Å². The third kappa shape index (κ3) is 4.93. The fraction of sp³-hybridized carbons (Fsp3) is 0.346. The Kier molecular flexibility index (Phi) is 6.74. The van der Waals surface area contributed by atoms with Gasteiger partial charge in [0.05, 0.1) is 19.1 Å². The Hall–Kier alpha value is -3.21. The summed E-state index contributed by atoms with van der Waals surface area (Å²) in [7, 11) is 1.51. The Bertz CT molecular complexity index is 1030. The highest BCUT2D eigenvalue weighted by Gasteiger charge is 2.33. The number of fused-ring (bicyclic) bond motifs is 1. The first-order valence-electron chi connectivity index (χ1n) is 10.4. The maximum Gasteiger partial charge on any atom is 0.170 e. The molecule has 0 aliphatic carbocycles. The van der Waals surface area contributed by atoms with Gasteiger partial charge in [0, 0.05) is 17.2 Å². The second-order valence-corrected chi connectivity index (χ2v) is 8.36. The Morgan fingerprint density at radius 3 is 2.65 bits per heavy atom. The molecule has 1 heterocycles. The number of Topliss-reactive ketones (excluding diaryl/α,β-unsaturated/α-hetero) is 1. The van der Waals surface area contributed by atoms with Crippen molar-refractivity contribution < 1.29 is 24.5 Å². The first kappa shape index (κ1) is 22.5. The first-order chi connectivity index (χ1) is 14.7. The van der Waals surface area contributed by atoms with E-state index in [1.54, 1.807) is 24.3 Å². The van der Waals surface area contributed by atoms with E-state index < -0.39 is 6.10 Å². The summed E-state index contributed by atoms with van der Waals surface area (Å²) in [6.07, 6.45) is 3.05. The van der Waals surface area contributed by atoms with E-state index in [9.17, 15) is 15.0 Å². The van der Waals surface area contributed by atoms with Crippen molar-refractivity contribution in [3.8, 4) is 23.0 Å². The lowest BCUT2D eigenvalue weighted by Crippen LogP contribution is -2.22. The molecule has 5 heteroatoms. The van der Waals surface area contributed by atoms with Crippen LogP contribution in [0.2, 0.25) is 0 Å². The van der Waals surface area contributed by atoms with Crippen LogP contribution in [0.1, 0.15) is 61.2 Å². The number of carbonyl (C=O) groups is 1. The van der Waals surface area contributed by atoms with Crippen LogP contribution in [0.25, 0.3) is 0 Å². The van der Waals surface area contributed by atoms with Crippen LogP contribution < -0.4 is 9.47 Å². The highest BCUT2D eigenvalue weighted by molar-refractivity contribution is 6.00. The van der Waals surface area contributed by atoms with Crippen LogP contribution in [0.3, 0.4) is 0 Å². The van der Waals surface area contributed by atoms with Crippen LogP contribution in [0, 0.1) is 5.92 Å². The maximum absolute atomic E-state index is 13.0. The molecule has 0 bridgehead atoms. The summed E-state index contributed by atoms with van der Waals surface area (Å²) >= 11 is 0. The van der Waals surface area contributed by atoms with Crippen LogP contribution in [0.4, 0.5) is 0 Å². The monoisotopic (exact) mass is 422 g/mol. The quantitative estimate of drug-likeness (QED) is 0.543. The first-order valence-corrected chi connectivity index (χ1v) is 10.4. The number of ketones is 1.